The van der Waals surface area contributed by atoms with E-state index in [0.717, 1.165) is 13.1 Å². The summed E-state index contributed by atoms with van der Waals surface area (Å²) in [6, 6.07) is 1.41. The summed E-state index contributed by atoms with van der Waals surface area (Å²) in [5.41, 5.74) is 0. The maximum Gasteiger partial charge on any atom is 0.0192 e. The van der Waals surface area contributed by atoms with Crippen LogP contribution in [0.3, 0.4) is 0 Å². The molecule has 2 atom stereocenters. The van der Waals surface area contributed by atoms with E-state index in [2.05, 4.69) is 31.1 Å². The van der Waals surface area contributed by atoms with E-state index in [1.54, 1.807) is 0 Å². The molecular weight excluding hydrogens is 183 g/mol. The van der Waals surface area contributed by atoms with Crippen molar-refractivity contribution in [2.45, 2.75) is 25.9 Å². The van der Waals surface area contributed by atoms with Crippen LogP contribution in [-0.4, -0.2) is 37.1 Å². The first kappa shape index (κ1) is 14.0. The van der Waals surface area contributed by atoms with Crippen LogP contribution < -0.4 is 5.32 Å². The van der Waals surface area contributed by atoms with Crippen LogP contribution in [-0.2, 0) is 0 Å². The van der Waals surface area contributed by atoms with Crippen molar-refractivity contribution < 1.29 is 0 Å². The van der Waals surface area contributed by atoms with Gasteiger partial charge in [0.05, 0.1) is 0 Å². The van der Waals surface area contributed by atoms with E-state index in [0.29, 0.717) is 12.1 Å². The van der Waals surface area contributed by atoms with Crippen molar-refractivity contribution in [1.29, 1.82) is 0 Å². The first-order valence-electron chi connectivity index (χ1n) is 3.64. The highest BCUT2D eigenvalue weighted by Crippen LogP contribution is 2.04. The summed E-state index contributed by atoms with van der Waals surface area (Å²) >= 11 is 0. The van der Waals surface area contributed by atoms with Crippen LogP contribution in [0.2, 0.25) is 0 Å². The van der Waals surface area contributed by atoms with Crippen LogP contribution in [0.15, 0.2) is 0 Å². The van der Waals surface area contributed by atoms with E-state index in [4.69, 9.17) is 0 Å². The van der Waals surface area contributed by atoms with Crippen LogP contribution in [0, 0.1) is 0 Å². The van der Waals surface area contributed by atoms with Gasteiger partial charge in [-0.2, -0.15) is 0 Å². The molecule has 1 fully saturated rings. The fourth-order valence-electron chi connectivity index (χ4n) is 1.22. The molecule has 1 saturated heterocycles. The molecule has 0 aliphatic carbocycles. The molecular formula is C7H18Cl2N2. The Morgan fingerprint density at radius 1 is 1.09 bits per heavy atom. The van der Waals surface area contributed by atoms with E-state index in [1.165, 1.54) is 0 Å². The average molecular weight is 201 g/mol. The zero-order valence-electron chi connectivity index (χ0n) is 7.33. The Kier molecular flexibility index (Phi) is 7.75. The number of hydrogen-bond donors (Lipinski definition) is 1. The van der Waals surface area contributed by atoms with Crippen LogP contribution in [0.4, 0.5) is 0 Å². The van der Waals surface area contributed by atoms with Gasteiger partial charge < -0.3 is 5.32 Å². The van der Waals surface area contributed by atoms with E-state index in [-0.39, 0.29) is 24.8 Å². The second-order valence-corrected chi connectivity index (χ2v) is 3.02. The fourth-order valence-corrected chi connectivity index (χ4v) is 1.22. The third-order valence-electron chi connectivity index (χ3n) is 2.27. The molecule has 0 radical (unpaired) electrons. The number of nitrogens with one attached hydrogen (secondary N) is 1. The predicted molar refractivity (Wildman–Crippen MR) is 54.1 cm³/mol. The quantitative estimate of drug-likeness (QED) is 0.632. The Balaban J connectivity index is 0. The highest BCUT2D eigenvalue weighted by Gasteiger charge is 2.19. The lowest BCUT2D eigenvalue weighted by Gasteiger charge is -2.36. The Labute approximate surface area is 81.5 Å². The molecule has 1 aliphatic rings. The molecule has 1 aliphatic heterocycles. The molecule has 0 aromatic rings. The first-order chi connectivity index (χ1) is 4.22. The summed E-state index contributed by atoms with van der Waals surface area (Å²) < 4.78 is 0. The summed E-state index contributed by atoms with van der Waals surface area (Å²) in [4.78, 5) is 2.41. The third kappa shape index (κ3) is 3.61. The van der Waals surface area contributed by atoms with Crippen molar-refractivity contribution in [2.75, 3.05) is 20.1 Å². The highest BCUT2D eigenvalue weighted by molar-refractivity contribution is 5.85. The number of halogens is 2. The predicted octanol–water partition coefficient (Wildman–Crippen LogP) is 1.14. The zero-order valence-corrected chi connectivity index (χ0v) is 8.97. The second-order valence-electron chi connectivity index (χ2n) is 3.02. The number of likely N-dealkylation sites (N-methyl/N-ethyl adjacent to an activating group) is 1. The van der Waals surface area contributed by atoms with Gasteiger partial charge in [0.1, 0.15) is 0 Å². The summed E-state index contributed by atoms with van der Waals surface area (Å²) in [6.07, 6.45) is 0. The largest absolute Gasteiger partial charge is 0.314 e. The summed E-state index contributed by atoms with van der Waals surface area (Å²) in [7, 11) is 2.19. The van der Waals surface area contributed by atoms with Crippen molar-refractivity contribution in [2.24, 2.45) is 0 Å². The van der Waals surface area contributed by atoms with Gasteiger partial charge in [0.25, 0.3) is 0 Å². The van der Waals surface area contributed by atoms with Crippen LogP contribution in [0.5, 0.6) is 0 Å². The molecule has 0 aromatic carbocycles. The van der Waals surface area contributed by atoms with Crippen molar-refractivity contribution in [3.8, 4) is 0 Å². The van der Waals surface area contributed by atoms with Crippen LogP contribution in [0.25, 0.3) is 0 Å². The highest BCUT2D eigenvalue weighted by atomic mass is 35.5. The molecule has 4 heteroatoms. The third-order valence-corrected chi connectivity index (χ3v) is 2.27. The van der Waals surface area contributed by atoms with Crippen molar-refractivity contribution >= 4 is 24.8 Å². The monoisotopic (exact) mass is 200 g/mol. The number of rotatable bonds is 0. The molecule has 0 spiro atoms. The van der Waals surface area contributed by atoms with Crippen LogP contribution >= 0.6 is 24.8 Å². The minimum absolute atomic E-state index is 0. The molecule has 2 nitrogen and oxygen atoms in total. The number of hydrogen-bond acceptors (Lipinski definition) is 2. The minimum atomic E-state index is 0. The molecule has 1 rings (SSSR count). The molecule has 1 heterocycles. The second kappa shape index (κ2) is 6.06. The Morgan fingerprint density at radius 3 is 1.73 bits per heavy atom. The summed E-state index contributed by atoms with van der Waals surface area (Å²) in [5.74, 6) is 0. The molecule has 11 heavy (non-hydrogen) atoms. The molecule has 0 bridgehead atoms. The topological polar surface area (TPSA) is 15.3 Å². The lowest BCUT2D eigenvalue weighted by Crippen LogP contribution is -2.52. The SMILES string of the molecule is C[C@@H]1CNC[C@@H](C)N1C.Cl.Cl. The number of nitrogens with zero attached hydrogens (tertiary/aromatic N) is 1. The van der Waals surface area contributed by atoms with Gasteiger partial charge in [-0.15, -0.1) is 24.8 Å². The lowest BCUT2D eigenvalue weighted by molar-refractivity contribution is 0.152. The number of piperazine rings is 1. The lowest BCUT2D eigenvalue weighted by atomic mass is 10.1. The maximum atomic E-state index is 3.37. The zero-order chi connectivity index (χ0) is 6.85. The van der Waals surface area contributed by atoms with E-state index < -0.39 is 0 Å². The normalized spacial score (nSPS) is 31.9. The Bertz CT molecular complexity index is 90.4. The van der Waals surface area contributed by atoms with E-state index in [1.807, 2.05) is 0 Å². The van der Waals surface area contributed by atoms with Gasteiger partial charge in [-0.05, 0) is 20.9 Å². The maximum absolute atomic E-state index is 3.37. The fraction of sp³-hybridized carbons (Fsp3) is 1.00. The van der Waals surface area contributed by atoms with Gasteiger partial charge in [0.2, 0.25) is 0 Å². The van der Waals surface area contributed by atoms with Gasteiger partial charge in [0, 0.05) is 25.2 Å². The van der Waals surface area contributed by atoms with Gasteiger partial charge in [-0.1, -0.05) is 0 Å². The molecule has 0 amide bonds. The average Bonchev–Trinajstić information content (AvgIpc) is 1.83. The van der Waals surface area contributed by atoms with Gasteiger partial charge in [0.15, 0.2) is 0 Å². The van der Waals surface area contributed by atoms with Crippen LogP contribution in [0.1, 0.15) is 13.8 Å². The Morgan fingerprint density at radius 2 is 1.45 bits per heavy atom. The van der Waals surface area contributed by atoms with Crippen molar-refractivity contribution in [1.82, 2.24) is 10.2 Å². The summed E-state index contributed by atoms with van der Waals surface area (Å²) in [6.45, 7) is 6.78. The standard InChI is InChI=1S/C7H16N2.2ClH/c1-6-4-8-5-7(2)9(6)3;;/h6-8H,4-5H2,1-3H3;2*1H/t6-,7-;;/m1../s1. The van der Waals surface area contributed by atoms with Gasteiger partial charge in [-0.25, -0.2) is 0 Å². The molecule has 0 aromatic heterocycles. The molecule has 0 saturated carbocycles. The van der Waals surface area contributed by atoms with Crippen molar-refractivity contribution in [3.05, 3.63) is 0 Å². The Hall–Kier alpha value is 0.500. The van der Waals surface area contributed by atoms with Gasteiger partial charge in [-0.3, -0.25) is 4.90 Å². The van der Waals surface area contributed by atoms with E-state index >= 15 is 0 Å². The van der Waals surface area contributed by atoms with Gasteiger partial charge >= 0.3 is 0 Å². The minimum Gasteiger partial charge on any atom is -0.314 e. The van der Waals surface area contributed by atoms with Crippen molar-refractivity contribution in [3.63, 3.8) is 0 Å². The smallest absolute Gasteiger partial charge is 0.0192 e. The first-order valence-corrected chi connectivity index (χ1v) is 3.64. The molecule has 0 unspecified atom stereocenters. The molecule has 70 valence electrons. The molecule has 1 N–H and O–H groups in total. The van der Waals surface area contributed by atoms with E-state index in [9.17, 15) is 0 Å². The summed E-state index contributed by atoms with van der Waals surface area (Å²) in [5, 5.41) is 3.37.